The maximum atomic E-state index is 10.9. The predicted octanol–water partition coefficient (Wildman–Crippen LogP) is 2.87. The van der Waals surface area contributed by atoms with Crippen molar-refractivity contribution in [3.8, 4) is 0 Å². The summed E-state index contributed by atoms with van der Waals surface area (Å²) in [6.07, 6.45) is 0.603. The highest BCUT2D eigenvalue weighted by Crippen LogP contribution is 2.26. The first-order chi connectivity index (χ1) is 9.20. The Morgan fingerprint density at radius 3 is 2.42 bits per heavy atom. The van der Waals surface area contributed by atoms with Crippen LogP contribution in [0.3, 0.4) is 0 Å². The quantitative estimate of drug-likeness (QED) is 0.638. The molecular weight excluding hydrogens is 244 g/mol. The minimum absolute atomic E-state index is 0.0435. The van der Waals surface area contributed by atoms with Gasteiger partial charge in [0.2, 0.25) is 0 Å². The third kappa shape index (κ3) is 3.29. The van der Waals surface area contributed by atoms with E-state index in [1.807, 2.05) is 24.3 Å². The van der Waals surface area contributed by atoms with Crippen LogP contribution in [0.5, 0.6) is 0 Å². The van der Waals surface area contributed by atoms with E-state index >= 15 is 0 Å². The van der Waals surface area contributed by atoms with E-state index in [1.54, 1.807) is 18.2 Å². The van der Waals surface area contributed by atoms with Gasteiger partial charge in [0.25, 0.3) is 5.69 Å². The summed E-state index contributed by atoms with van der Waals surface area (Å²) < 4.78 is 0. The van der Waals surface area contributed by atoms with Crippen molar-refractivity contribution in [3.05, 3.63) is 64.2 Å². The molecule has 2 rings (SSSR count). The van der Waals surface area contributed by atoms with Gasteiger partial charge in [0.1, 0.15) is 5.69 Å². The van der Waals surface area contributed by atoms with Gasteiger partial charge in [-0.1, -0.05) is 24.3 Å². The van der Waals surface area contributed by atoms with Gasteiger partial charge in [-0.25, -0.2) is 0 Å². The molecule has 0 fully saturated rings. The van der Waals surface area contributed by atoms with Crippen LogP contribution in [0.4, 0.5) is 17.1 Å². The molecule has 2 aromatic carbocycles. The largest absolute Gasteiger partial charge is 0.396 e. The van der Waals surface area contributed by atoms with Gasteiger partial charge in [0.15, 0.2) is 0 Å². The van der Waals surface area contributed by atoms with Crippen LogP contribution < -0.4 is 5.32 Å². The topological polar surface area (TPSA) is 75.4 Å². The van der Waals surface area contributed by atoms with Gasteiger partial charge in [-0.3, -0.25) is 10.1 Å². The van der Waals surface area contributed by atoms with Crippen molar-refractivity contribution in [1.29, 1.82) is 0 Å². The second-order valence-corrected chi connectivity index (χ2v) is 4.07. The Hall–Kier alpha value is -2.40. The minimum atomic E-state index is -0.414. The van der Waals surface area contributed by atoms with Crippen molar-refractivity contribution in [2.24, 2.45) is 0 Å². The Bertz CT molecular complexity index is 567. The molecule has 0 unspecified atom stereocenters. The van der Waals surface area contributed by atoms with E-state index in [9.17, 15) is 10.1 Å². The molecule has 0 atom stereocenters. The highest BCUT2D eigenvalue weighted by Gasteiger charge is 2.11. The van der Waals surface area contributed by atoms with E-state index in [0.29, 0.717) is 12.1 Å². The first-order valence-corrected chi connectivity index (χ1v) is 5.91. The molecule has 2 aromatic rings. The lowest BCUT2D eigenvalue weighted by atomic mass is 10.1. The number of nitro benzene ring substituents is 1. The number of nitrogens with zero attached hydrogens (tertiary/aromatic N) is 1. The summed E-state index contributed by atoms with van der Waals surface area (Å²) in [5.74, 6) is 0. The van der Waals surface area contributed by atoms with Crippen molar-refractivity contribution in [2.45, 2.75) is 6.42 Å². The zero-order valence-corrected chi connectivity index (χ0v) is 10.2. The maximum absolute atomic E-state index is 10.9. The second kappa shape index (κ2) is 5.97. The normalized spacial score (nSPS) is 10.2. The van der Waals surface area contributed by atoms with E-state index in [2.05, 4.69) is 5.32 Å². The van der Waals surface area contributed by atoms with Gasteiger partial charge in [0, 0.05) is 18.4 Å². The number of benzene rings is 2. The van der Waals surface area contributed by atoms with Gasteiger partial charge in [-0.15, -0.1) is 0 Å². The van der Waals surface area contributed by atoms with Crippen LogP contribution in [0, 0.1) is 10.1 Å². The molecule has 0 saturated heterocycles. The molecule has 0 spiro atoms. The van der Waals surface area contributed by atoms with Crippen LogP contribution in [-0.2, 0) is 6.42 Å². The first-order valence-electron chi connectivity index (χ1n) is 5.91. The Kier molecular flexibility index (Phi) is 4.10. The van der Waals surface area contributed by atoms with Crippen molar-refractivity contribution in [1.82, 2.24) is 0 Å². The number of para-hydroxylation sites is 2. The molecule has 0 saturated carbocycles. The fourth-order valence-electron chi connectivity index (χ4n) is 1.78. The van der Waals surface area contributed by atoms with Crippen molar-refractivity contribution in [3.63, 3.8) is 0 Å². The van der Waals surface area contributed by atoms with Crippen molar-refractivity contribution >= 4 is 17.1 Å². The molecule has 0 amide bonds. The molecule has 98 valence electrons. The van der Waals surface area contributed by atoms with Gasteiger partial charge >= 0.3 is 0 Å². The molecule has 0 aliphatic rings. The average Bonchev–Trinajstić information content (AvgIpc) is 2.42. The zero-order chi connectivity index (χ0) is 13.7. The summed E-state index contributed by atoms with van der Waals surface area (Å²) in [4.78, 5) is 10.5. The Morgan fingerprint density at radius 1 is 1.11 bits per heavy atom. The van der Waals surface area contributed by atoms with Crippen LogP contribution in [0.1, 0.15) is 5.56 Å². The standard InChI is InChI=1S/C14H14N2O3/c17-10-9-11-5-7-12(8-6-11)15-13-3-1-2-4-14(13)16(18)19/h1-8,15,17H,9-10H2. The van der Waals surface area contributed by atoms with Gasteiger partial charge < -0.3 is 10.4 Å². The number of aliphatic hydroxyl groups excluding tert-OH is 1. The van der Waals surface area contributed by atoms with E-state index < -0.39 is 4.92 Å². The predicted molar refractivity (Wildman–Crippen MR) is 73.6 cm³/mol. The lowest BCUT2D eigenvalue weighted by Gasteiger charge is -2.07. The molecule has 5 nitrogen and oxygen atoms in total. The lowest BCUT2D eigenvalue weighted by molar-refractivity contribution is -0.383. The fourth-order valence-corrected chi connectivity index (χ4v) is 1.78. The van der Waals surface area contributed by atoms with Crippen molar-refractivity contribution < 1.29 is 10.0 Å². The SMILES string of the molecule is O=[N+]([O-])c1ccccc1Nc1ccc(CCO)cc1. The van der Waals surface area contributed by atoms with Crippen LogP contribution >= 0.6 is 0 Å². The van der Waals surface area contributed by atoms with E-state index in [1.165, 1.54) is 6.07 Å². The van der Waals surface area contributed by atoms with E-state index in [-0.39, 0.29) is 12.3 Å². The Balaban J connectivity index is 2.19. The summed E-state index contributed by atoms with van der Waals surface area (Å²) in [5.41, 5.74) is 2.30. The molecule has 2 N–H and O–H groups in total. The summed E-state index contributed by atoms with van der Waals surface area (Å²) in [7, 11) is 0. The molecular formula is C14H14N2O3. The molecule has 0 aromatic heterocycles. The molecule has 0 heterocycles. The summed E-state index contributed by atoms with van der Waals surface area (Å²) in [5, 5.41) is 22.7. The van der Waals surface area contributed by atoms with Crippen LogP contribution in [0.15, 0.2) is 48.5 Å². The van der Waals surface area contributed by atoms with E-state index in [4.69, 9.17) is 5.11 Å². The zero-order valence-electron chi connectivity index (χ0n) is 10.2. The smallest absolute Gasteiger partial charge is 0.292 e. The molecule has 0 radical (unpaired) electrons. The average molecular weight is 258 g/mol. The number of hydrogen-bond donors (Lipinski definition) is 2. The number of nitrogens with one attached hydrogen (secondary N) is 1. The third-order valence-electron chi connectivity index (χ3n) is 2.73. The summed E-state index contributed by atoms with van der Waals surface area (Å²) in [6.45, 7) is 0.108. The lowest BCUT2D eigenvalue weighted by Crippen LogP contribution is -1.97. The van der Waals surface area contributed by atoms with Gasteiger partial charge in [-0.05, 0) is 30.2 Å². The minimum Gasteiger partial charge on any atom is -0.396 e. The van der Waals surface area contributed by atoms with Gasteiger partial charge in [0.05, 0.1) is 4.92 Å². The van der Waals surface area contributed by atoms with Crippen LogP contribution in [0.25, 0.3) is 0 Å². The fraction of sp³-hybridized carbons (Fsp3) is 0.143. The van der Waals surface area contributed by atoms with Crippen molar-refractivity contribution in [2.75, 3.05) is 11.9 Å². The molecule has 19 heavy (non-hydrogen) atoms. The number of anilines is 2. The van der Waals surface area contributed by atoms with E-state index in [0.717, 1.165) is 11.3 Å². The molecule has 0 aliphatic carbocycles. The molecule has 5 heteroatoms. The molecule has 0 aliphatic heterocycles. The summed E-state index contributed by atoms with van der Waals surface area (Å²) >= 11 is 0. The molecule has 0 bridgehead atoms. The Morgan fingerprint density at radius 2 is 1.79 bits per heavy atom. The van der Waals surface area contributed by atoms with Gasteiger partial charge in [-0.2, -0.15) is 0 Å². The Labute approximate surface area is 110 Å². The maximum Gasteiger partial charge on any atom is 0.292 e. The number of hydrogen-bond acceptors (Lipinski definition) is 4. The monoisotopic (exact) mass is 258 g/mol. The highest BCUT2D eigenvalue weighted by atomic mass is 16.6. The van der Waals surface area contributed by atoms with Crippen LogP contribution in [0.2, 0.25) is 0 Å². The van der Waals surface area contributed by atoms with Crippen LogP contribution in [-0.4, -0.2) is 16.6 Å². The summed E-state index contributed by atoms with van der Waals surface area (Å²) in [6, 6.07) is 13.9. The second-order valence-electron chi connectivity index (χ2n) is 4.07. The third-order valence-corrected chi connectivity index (χ3v) is 2.73. The number of rotatable bonds is 5. The number of aliphatic hydroxyl groups is 1. The first kappa shape index (κ1) is 13.0. The highest BCUT2D eigenvalue weighted by molar-refractivity contribution is 5.69. The number of nitro groups is 1.